The molecule has 0 aromatic carbocycles. The van der Waals surface area contributed by atoms with Crippen molar-refractivity contribution in [2.24, 2.45) is 0 Å². The van der Waals surface area contributed by atoms with E-state index in [9.17, 15) is 4.57 Å². The van der Waals surface area contributed by atoms with Crippen LogP contribution in [0.3, 0.4) is 0 Å². The van der Waals surface area contributed by atoms with Crippen LogP contribution in [-0.4, -0.2) is 18.3 Å². The van der Waals surface area contributed by atoms with Crippen LogP contribution in [0.4, 0.5) is 0 Å². The minimum atomic E-state index is -3.06. The molecule has 0 N–H and O–H groups in total. The number of nitrogens with zero attached hydrogens (tertiary/aromatic N) is 1. The van der Waals surface area contributed by atoms with Crippen LogP contribution in [0.15, 0.2) is 0 Å². The zero-order chi connectivity index (χ0) is 13.9. The van der Waals surface area contributed by atoms with Crippen LogP contribution in [0.2, 0.25) is 0 Å². The van der Waals surface area contributed by atoms with E-state index in [2.05, 4.69) is 6.92 Å². The van der Waals surface area contributed by atoms with Crippen LogP contribution in [0.25, 0.3) is 0 Å². The van der Waals surface area contributed by atoms with E-state index >= 15 is 0 Å². The second-order valence-electron chi connectivity index (χ2n) is 5.00. The second-order valence-corrected chi connectivity index (χ2v) is 9.82. The number of unbranched alkanes of at least 4 members (excludes halogenated alkanes) is 9. The van der Waals surface area contributed by atoms with Gasteiger partial charge in [0, 0.05) is 6.54 Å². The van der Waals surface area contributed by atoms with Gasteiger partial charge in [-0.15, -0.1) is 0 Å². The molecule has 0 heterocycles. The maximum Gasteiger partial charge on any atom is 0.321 e. The van der Waals surface area contributed by atoms with Crippen LogP contribution < -0.4 is 0 Å². The van der Waals surface area contributed by atoms with Crippen LogP contribution >= 0.6 is 28.5 Å². The third-order valence-electron chi connectivity index (χ3n) is 3.23. The number of halogens is 2. The minimum Gasteiger partial charge on any atom is -0.271 e. The van der Waals surface area contributed by atoms with Gasteiger partial charge in [-0.05, 0) is 36.0 Å². The van der Waals surface area contributed by atoms with Crippen molar-refractivity contribution in [3.05, 3.63) is 0 Å². The fourth-order valence-corrected chi connectivity index (χ4v) is 2.77. The van der Waals surface area contributed by atoms with Gasteiger partial charge in [0.05, 0.1) is 0 Å². The number of rotatable bonds is 12. The first kappa shape index (κ1) is 18.8. The van der Waals surface area contributed by atoms with Crippen LogP contribution in [0, 0.1) is 0 Å². The molecule has 0 saturated carbocycles. The van der Waals surface area contributed by atoms with Gasteiger partial charge in [-0.2, -0.15) is 0 Å². The zero-order valence-electron chi connectivity index (χ0n) is 11.8. The van der Waals surface area contributed by atoms with Gasteiger partial charge < -0.3 is 0 Å². The summed E-state index contributed by atoms with van der Waals surface area (Å²) in [6.45, 7) is 2.97. The van der Waals surface area contributed by atoms with Gasteiger partial charge in [-0.3, -0.25) is 4.57 Å². The van der Waals surface area contributed by atoms with E-state index in [0.29, 0.717) is 0 Å². The third kappa shape index (κ3) is 11.8. The lowest BCUT2D eigenvalue weighted by atomic mass is 10.1. The maximum absolute atomic E-state index is 11.3. The number of hydrogen-bond acceptors (Lipinski definition) is 1. The molecule has 5 heteroatoms. The van der Waals surface area contributed by atoms with E-state index in [1.165, 1.54) is 57.8 Å². The summed E-state index contributed by atoms with van der Waals surface area (Å²) in [6.07, 6.45) is 13.0. The molecule has 2 nitrogen and oxygen atoms in total. The Morgan fingerprint density at radius 2 is 1.22 bits per heavy atom. The fourth-order valence-electron chi connectivity index (χ4n) is 1.94. The molecule has 0 atom stereocenters. The highest BCUT2D eigenvalue weighted by atomic mass is 35.9. The van der Waals surface area contributed by atoms with E-state index in [0.717, 1.165) is 13.0 Å². The van der Waals surface area contributed by atoms with Gasteiger partial charge in [0.25, 0.3) is 0 Å². The molecule has 0 aromatic rings. The van der Waals surface area contributed by atoms with Crippen molar-refractivity contribution in [2.45, 2.75) is 71.1 Å². The van der Waals surface area contributed by atoms with Gasteiger partial charge in [0.15, 0.2) is 0 Å². The van der Waals surface area contributed by atoms with Gasteiger partial charge in [0.1, 0.15) is 0 Å². The normalized spacial score (nSPS) is 12.3. The summed E-state index contributed by atoms with van der Waals surface area (Å²) in [4.78, 5) is 0. The van der Waals surface area contributed by atoms with Crippen molar-refractivity contribution in [3.63, 3.8) is 0 Å². The van der Waals surface area contributed by atoms with Gasteiger partial charge in [0.2, 0.25) is 0 Å². The molecule has 0 aliphatic rings. The molecule has 0 aliphatic heterocycles. The van der Waals surface area contributed by atoms with E-state index in [1.807, 2.05) is 0 Å². The minimum absolute atomic E-state index is 0.723. The summed E-state index contributed by atoms with van der Waals surface area (Å²) in [6, 6.07) is 0. The quantitative estimate of drug-likeness (QED) is 0.305. The first-order valence-electron chi connectivity index (χ1n) is 7.19. The summed E-state index contributed by atoms with van der Waals surface area (Å²) in [7, 11) is 1.72. The lowest BCUT2D eigenvalue weighted by Gasteiger charge is -2.16. The van der Waals surface area contributed by atoms with Crippen LogP contribution in [0.5, 0.6) is 0 Å². The summed E-state index contributed by atoms with van der Waals surface area (Å²) >= 11 is 11.1. The first-order valence-corrected chi connectivity index (χ1v) is 10.7. The molecule has 0 fully saturated rings. The lowest BCUT2D eigenvalue weighted by molar-refractivity contribution is 0.464. The van der Waals surface area contributed by atoms with Crippen molar-refractivity contribution in [1.29, 1.82) is 0 Å². The highest BCUT2D eigenvalue weighted by molar-refractivity contribution is 8.06. The average Bonchev–Trinajstić information content (AvgIpc) is 2.30. The highest BCUT2D eigenvalue weighted by Gasteiger charge is 2.19. The summed E-state index contributed by atoms with van der Waals surface area (Å²) in [5.41, 5.74) is 0. The molecular weight excluding hydrogens is 288 g/mol. The molecular formula is C13H28Cl2NOP. The van der Waals surface area contributed by atoms with Gasteiger partial charge in [-0.1, -0.05) is 64.7 Å². The Hall–Kier alpha value is 0.770. The molecule has 0 spiro atoms. The lowest BCUT2D eigenvalue weighted by Crippen LogP contribution is -2.11. The molecule has 0 rings (SSSR count). The Balaban J connectivity index is 3.19. The topological polar surface area (TPSA) is 20.3 Å². The van der Waals surface area contributed by atoms with Crippen molar-refractivity contribution in [3.8, 4) is 0 Å². The SMILES string of the molecule is CCCCCCCCCCCCN(C)P(=O)(Cl)Cl. The van der Waals surface area contributed by atoms with E-state index in [4.69, 9.17) is 22.5 Å². The fraction of sp³-hybridized carbons (Fsp3) is 1.00. The highest BCUT2D eigenvalue weighted by Crippen LogP contribution is 2.58. The molecule has 0 amide bonds. The monoisotopic (exact) mass is 315 g/mol. The summed E-state index contributed by atoms with van der Waals surface area (Å²) in [5, 5.41) is 0. The molecule has 0 radical (unpaired) electrons. The molecule has 0 aliphatic carbocycles. The standard InChI is InChI=1S/C13H28Cl2NOP/c1-3-4-5-6-7-8-9-10-11-12-13-16(2)18(14,15)17/h3-13H2,1-2H3. The maximum atomic E-state index is 11.3. The van der Waals surface area contributed by atoms with Crippen molar-refractivity contribution >= 4 is 28.5 Å². The Bertz CT molecular complexity index is 233. The van der Waals surface area contributed by atoms with Crippen molar-refractivity contribution in [2.75, 3.05) is 13.6 Å². The Labute approximate surface area is 122 Å². The van der Waals surface area contributed by atoms with E-state index in [1.54, 1.807) is 11.7 Å². The third-order valence-corrected chi connectivity index (χ3v) is 5.78. The zero-order valence-corrected chi connectivity index (χ0v) is 14.2. The van der Waals surface area contributed by atoms with Crippen LogP contribution in [-0.2, 0) is 4.57 Å². The van der Waals surface area contributed by atoms with E-state index in [-0.39, 0.29) is 0 Å². The smallest absolute Gasteiger partial charge is 0.271 e. The first-order chi connectivity index (χ1) is 8.48. The van der Waals surface area contributed by atoms with Gasteiger partial charge >= 0.3 is 6.00 Å². The Morgan fingerprint density at radius 1 is 0.833 bits per heavy atom. The van der Waals surface area contributed by atoms with Gasteiger partial charge in [-0.25, -0.2) is 4.67 Å². The molecule has 18 heavy (non-hydrogen) atoms. The summed E-state index contributed by atoms with van der Waals surface area (Å²) in [5.74, 6) is -3.06. The molecule has 110 valence electrons. The second kappa shape index (κ2) is 11.6. The predicted molar refractivity (Wildman–Crippen MR) is 83.8 cm³/mol. The van der Waals surface area contributed by atoms with Crippen molar-refractivity contribution < 1.29 is 4.57 Å². The molecule has 0 saturated heterocycles. The largest absolute Gasteiger partial charge is 0.321 e. The van der Waals surface area contributed by atoms with Crippen molar-refractivity contribution in [1.82, 2.24) is 4.67 Å². The Morgan fingerprint density at radius 3 is 1.61 bits per heavy atom. The van der Waals surface area contributed by atoms with E-state index < -0.39 is 6.00 Å². The molecule has 0 bridgehead atoms. The predicted octanol–water partition coefficient (Wildman–Crippen LogP) is 6.42. The summed E-state index contributed by atoms with van der Waals surface area (Å²) < 4.78 is 12.8. The Kier molecular flexibility index (Phi) is 12.1. The number of hydrogen-bond donors (Lipinski definition) is 0. The average molecular weight is 316 g/mol. The molecule has 0 aromatic heterocycles. The molecule has 0 unspecified atom stereocenters. The van der Waals surface area contributed by atoms with Crippen LogP contribution in [0.1, 0.15) is 71.1 Å².